The van der Waals surface area contributed by atoms with Crippen molar-refractivity contribution in [1.82, 2.24) is 4.98 Å². The molecule has 1 N–H and O–H groups in total. The number of anilines is 3. The molecule has 3 aliphatic rings. The van der Waals surface area contributed by atoms with Gasteiger partial charge in [-0.25, -0.2) is 9.37 Å². The second kappa shape index (κ2) is 9.03. The van der Waals surface area contributed by atoms with E-state index in [1.165, 1.54) is 11.8 Å². The summed E-state index contributed by atoms with van der Waals surface area (Å²) in [4.78, 5) is 12.1. The summed E-state index contributed by atoms with van der Waals surface area (Å²) in [5, 5.41) is 9.21. The number of hydrogen-bond donors (Lipinski definition) is 1. The summed E-state index contributed by atoms with van der Waals surface area (Å²) in [6, 6.07) is 12.3. The van der Waals surface area contributed by atoms with Crippen molar-refractivity contribution in [1.29, 1.82) is 0 Å². The predicted molar refractivity (Wildman–Crippen MR) is 123 cm³/mol. The number of piperidine rings is 2. The van der Waals surface area contributed by atoms with E-state index in [9.17, 15) is 9.50 Å². The standard InChI is InChI=1S/C25H33FN4O/c26-20-3-1-4-22(17-20)29-12-2-5-23-24(29)9-15-30(23)25-18-21(6-11-27-25)28-13-7-19(8-14-28)10-16-31/h1,3-4,6,11,17-19,23-24,31H,2,5,7-10,12-16H2/t23-,24-/m1/s1. The van der Waals surface area contributed by atoms with Crippen LogP contribution in [0.4, 0.5) is 21.6 Å². The summed E-state index contributed by atoms with van der Waals surface area (Å²) in [5.41, 5.74) is 2.26. The minimum atomic E-state index is -0.161. The topological polar surface area (TPSA) is 42.8 Å². The van der Waals surface area contributed by atoms with Gasteiger partial charge >= 0.3 is 0 Å². The first-order valence-electron chi connectivity index (χ1n) is 11.8. The van der Waals surface area contributed by atoms with E-state index in [0.29, 0.717) is 24.6 Å². The first kappa shape index (κ1) is 20.6. The van der Waals surface area contributed by atoms with E-state index < -0.39 is 0 Å². The molecule has 31 heavy (non-hydrogen) atoms. The Morgan fingerprint density at radius 2 is 1.74 bits per heavy atom. The number of fused-ring (bicyclic) bond motifs is 1. The monoisotopic (exact) mass is 424 g/mol. The fourth-order valence-electron chi connectivity index (χ4n) is 5.87. The number of aromatic nitrogens is 1. The zero-order valence-corrected chi connectivity index (χ0v) is 18.2. The van der Waals surface area contributed by atoms with Crippen LogP contribution in [0.5, 0.6) is 0 Å². The summed E-state index contributed by atoms with van der Waals surface area (Å²) in [6.07, 6.45) is 8.53. The van der Waals surface area contributed by atoms with Gasteiger partial charge in [0.25, 0.3) is 0 Å². The van der Waals surface area contributed by atoms with Gasteiger partial charge < -0.3 is 19.8 Å². The van der Waals surface area contributed by atoms with Crippen molar-refractivity contribution in [2.45, 2.75) is 50.6 Å². The molecule has 0 spiro atoms. The van der Waals surface area contributed by atoms with Crippen molar-refractivity contribution < 1.29 is 9.50 Å². The number of benzene rings is 1. The van der Waals surface area contributed by atoms with E-state index in [-0.39, 0.29) is 5.82 Å². The Labute approximate surface area is 184 Å². The van der Waals surface area contributed by atoms with E-state index in [2.05, 4.69) is 26.8 Å². The fourth-order valence-corrected chi connectivity index (χ4v) is 5.87. The molecule has 0 aliphatic carbocycles. The first-order chi connectivity index (χ1) is 15.2. The SMILES string of the molecule is OCCC1CCN(c2ccnc(N3CC[C@@H]4[C@H]3CCCN4c3cccc(F)c3)c2)CC1. The quantitative estimate of drug-likeness (QED) is 0.784. The first-order valence-corrected chi connectivity index (χ1v) is 11.8. The highest BCUT2D eigenvalue weighted by Gasteiger charge is 2.41. The molecule has 0 bridgehead atoms. The van der Waals surface area contributed by atoms with E-state index >= 15 is 0 Å². The second-order valence-electron chi connectivity index (χ2n) is 9.25. The highest BCUT2D eigenvalue weighted by Crippen LogP contribution is 2.37. The van der Waals surface area contributed by atoms with Crippen molar-refractivity contribution in [2.24, 2.45) is 5.92 Å². The number of halogens is 1. The summed E-state index contributed by atoms with van der Waals surface area (Å²) in [6.45, 7) is 4.39. The van der Waals surface area contributed by atoms with Gasteiger partial charge in [-0.1, -0.05) is 6.07 Å². The molecule has 0 radical (unpaired) electrons. The zero-order valence-electron chi connectivity index (χ0n) is 18.2. The summed E-state index contributed by atoms with van der Waals surface area (Å²) in [7, 11) is 0. The lowest BCUT2D eigenvalue weighted by molar-refractivity contribution is 0.240. The molecule has 5 nitrogen and oxygen atoms in total. The third kappa shape index (κ3) is 4.22. The van der Waals surface area contributed by atoms with E-state index in [0.717, 1.165) is 76.2 Å². The summed E-state index contributed by atoms with van der Waals surface area (Å²) in [5.74, 6) is 1.56. The van der Waals surface area contributed by atoms with Crippen molar-refractivity contribution >= 4 is 17.2 Å². The van der Waals surface area contributed by atoms with Gasteiger partial charge in [0.2, 0.25) is 0 Å². The Morgan fingerprint density at radius 3 is 2.55 bits per heavy atom. The van der Waals surface area contributed by atoms with Gasteiger partial charge in [0.1, 0.15) is 11.6 Å². The predicted octanol–water partition coefficient (Wildman–Crippen LogP) is 4.07. The lowest BCUT2D eigenvalue weighted by Crippen LogP contribution is -2.50. The number of hydrogen-bond acceptors (Lipinski definition) is 5. The van der Waals surface area contributed by atoms with Gasteiger partial charge in [-0.05, 0) is 68.7 Å². The van der Waals surface area contributed by atoms with Gasteiger partial charge in [0, 0.05) is 56.4 Å². The molecule has 2 atom stereocenters. The summed E-state index contributed by atoms with van der Waals surface area (Å²) >= 11 is 0. The largest absolute Gasteiger partial charge is 0.396 e. The van der Waals surface area contributed by atoms with Crippen LogP contribution in [0, 0.1) is 11.7 Å². The Balaban J connectivity index is 1.31. The molecule has 3 aliphatic heterocycles. The average molecular weight is 425 g/mol. The molecular formula is C25H33FN4O. The van der Waals surface area contributed by atoms with Crippen LogP contribution in [0.1, 0.15) is 38.5 Å². The molecule has 5 rings (SSSR count). The smallest absolute Gasteiger partial charge is 0.130 e. The Hall–Kier alpha value is -2.34. The van der Waals surface area contributed by atoms with Crippen molar-refractivity contribution in [3.05, 3.63) is 48.4 Å². The zero-order chi connectivity index (χ0) is 21.2. The molecule has 3 saturated heterocycles. The molecule has 6 heteroatoms. The van der Waals surface area contributed by atoms with Gasteiger partial charge in [-0.2, -0.15) is 0 Å². The van der Waals surface area contributed by atoms with Crippen LogP contribution in [0.15, 0.2) is 42.6 Å². The van der Waals surface area contributed by atoms with Crippen molar-refractivity contribution in [2.75, 3.05) is 47.5 Å². The molecule has 166 valence electrons. The molecule has 0 saturated carbocycles. The highest BCUT2D eigenvalue weighted by atomic mass is 19.1. The molecule has 1 aromatic heterocycles. The van der Waals surface area contributed by atoms with Gasteiger partial charge in [-0.15, -0.1) is 0 Å². The van der Waals surface area contributed by atoms with Crippen LogP contribution in [0.2, 0.25) is 0 Å². The van der Waals surface area contributed by atoms with Crippen LogP contribution < -0.4 is 14.7 Å². The molecule has 4 heterocycles. The van der Waals surface area contributed by atoms with E-state index in [1.54, 1.807) is 6.07 Å². The highest BCUT2D eigenvalue weighted by molar-refractivity contribution is 5.58. The Kier molecular flexibility index (Phi) is 5.99. The van der Waals surface area contributed by atoms with Gasteiger partial charge in [0.05, 0.1) is 12.1 Å². The van der Waals surface area contributed by atoms with Crippen LogP contribution >= 0.6 is 0 Å². The molecular weight excluding hydrogens is 391 g/mol. The maximum Gasteiger partial charge on any atom is 0.130 e. The van der Waals surface area contributed by atoms with E-state index in [4.69, 9.17) is 4.98 Å². The van der Waals surface area contributed by atoms with Gasteiger partial charge in [-0.3, -0.25) is 0 Å². The molecule has 0 unspecified atom stereocenters. The number of aliphatic hydroxyl groups excluding tert-OH is 1. The molecule has 2 aromatic rings. The second-order valence-corrected chi connectivity index (χ2v) is 9.25. The summed E-state index contributed by atoms with van der Waals surface area (Å²) < 4.78 is 13.8. The number of aliphatic hydroxyl groups is 1. The van der Waals surface area contributed by atoms with Crippen LogP contribution in [0.25, 0.3) is 0 Å². The number of rotatable bonds is 5. The minimum Gasteiger partial charge on any atom is -0.396 e. The Bertz CT molecular complexity index is 885. The van der Waals surface area contributed by atoms with Crippen molar-refractivity contribution in [3.63, 3.8) is 0 Å². The average Bonchev–Trinajstić information content (AvgIpc) is 3.24. The third-order valence-electron chi connectivity index (χ3n) is 7.49. The minimum absolute atomic E-state index is 0.161. The maximum absolute atomic E-state index is 13.8. The van der Waals surface area contributed by atoms with Crippen LogP contribution in [0.3, 0.4) is 0 Å². The molecule has 3 fully saturated rings. The van der Waals surface area contributed by atoms with E-state index in [1.807, 2.05) is 18.3 Å². The Morgan fingerprint density at radius 1 is 0.903 bits per heavy atom. The third-order valence-corrected chi connectivity index (χ3v) is 7.49. The molecule has 0 amide bonds. The number of pyridine rings is 1. The van der Waals surface area contributed by atoms with Gasteiger partial charge in [0.15, 0.2) is 0 Å². The van der Waals surface area contributed by atoms with Crippen LogP contribution in [-0.2, 0) is 0 Å². The van der Waals surface area contributed by atoms with Crippen LogP contribution in [-0.4, -0.2) is 55.0 Å². The normalized spacial score (nSPS) is 24.5. The maximum atomic E-state index is 13.8. The fraction of sp³-hybridized carbons (Fsp3) is 0.560. The lowest BCUT2D eigenvalue weighted by atomic mass is 9.93. The number of nitrogens with zero attached hydrogens (tertiary/aromatic N) is 4. The lowest BCUT2D eigenvalue weighted by Gasteiger charge is -2.41. The molecule has 1 aromatic carbocycles. The van der Waals surface area contributed by atoms with Crippen molar-refractivity contribution in [3.8, 4) is 0 Å².